The van der Waals surface area contributed by atoms with Crippen molar-refractivity contribution < 1.29 is 19.1 Å². The first-order valence-electron chi connectivity index (χ1n) is 8.63. The number of pyridine rings is 1. The van der Waals surface area contributed by atoms with E-state index < -0.39 is 0 Å². The zero-order valence-electron chi connectivity index (χ0n) is 14.6. The number of carbonyl (C=O) groups excluding carboxylic acids is 2. The second kappa shape index (κ2) is 6.90. The zero-order chi connectivity index (χ0) is 18.1. The van der Waals surface area contributed by atoms with Gasteiger partial charge in [0, 0.05) is 30.2 Å². The van der Waals surface area contributed by atoms with Crippen LogP contribution < -0.4 is 0 Å². The molecule has 2 aromatic heterocycles. The SMILES string of the molecule is COC(=O)c1c2ccc(C(=O)CN3CCOCC3)cc2n2ccccc12. The van der Waals surface area contributed by atoms with Crippen molar-refractivity contribution in [1.82, 2.24) is 9.30 Å². The predicted molar refractivity (Wildman–Crippen MR) is 97.8 cm³/mol. The third-order valence-corrected chi connectivity index (χ3v) is 4.83. The van der Waals surface area contributed by atoms with Gasteiger partial charge in [0.25, 0.3) is 0 Å². The number of methoxy groups -OCH3 is 1. The lowest BCUT2D eigenvalue weighted by Crippen LogP contribution is -2.39. The first-order valence-corrected chi connectivity index (χ1v) is 8.63. The van der Waals surface area contributed by atoms with Crippen molar-refractivity contribution >= 4 is 28.2 Å². The minimum Gasteiger partial charge on any atom is -0.465 e. The highest BCUT2D eigenvalue weighted by Crippen LogP contribution is 2.28. The average Bonchev–Trinajstić information content (AvgIpc) is 3.02. The van der Waals surface area contributed by atoms with Crippen molar-refractivity contribution in [2.45, 2.75) is 0 Å². The van der Waals surface area contributed by atoms with Crippen molar-refractivity contribution in [2.24, 2.45) is 0 Å². The first-order chi connectivity index (χ1) is 12.7. The largest absolute Gasteiger partial charge is 0.465 e. The fourth-order valence-corrected chi connectivity index (χ4v) is 3.48. The smallest absolute Gasteiger partial charge is 0.340 e. The van der Waals surface area contributed by atoms with Gasteiger partial charge in [0.2, 0.25) is 0 Å². The topological polar surface area (TPSA) is 60.2 Å². The molecule has 3 aromatic rings. The predicted octanol–water partition coefficient (Wildman–Crippen LogP) is 2.39. The third-order valence-electron chi connectivity index (χ3n) is 4.83. The molecule has 0 spiro atoms. The van der Waals surface area contributed by atoms with Gasteiger partial charge >= 0.3 is 5.97 Å². The Kier molecular flexibility index (Phi) is 4.44. The van der Waals surface area contributed by atoms with Gasteiger partial charge in [0.15, 0.2) is 5.78 Å². The van der Waals surface area contributed by atoms with E-state index in [1.807, 2.05) is 40.9 Å². The molecule has 0 bridgehead atoms. The van der Waals surface area contributed by atoms with E-state index in [9.17, 15) is 9.59 Å². The van der Waals surface area contributed by atoms with E-state index in [-0.39, 0.29) is 11.8 Å². The summed E-state index contributed by atoms with van der Waals surface area (Å²) in [5, 5.41) is 0.783. The van der Waals surface area contributed by atoms with Gasteiger partial charge in [0.1, 0.15) is 0 Å². The van der Waals surface area contributed by atoms with Crippen LogP contribution in [-0.2, 0) is 9.47 Å². The summed E-state index contributed by atoms with van der Waals surface area (Å²) in [7, 11) is 1.38. The fraction of sp³-hybridized carbons (Fsp3) is 0.300. The number of hydrogen-bond acceptors (Lipinski definition) is 5. The molecule has 0 unspecified atom stereocenters. The molecule has 1 aliphatic rings. The van der Waals surface area contributed by atoms with E-state index >= 15 is 0 Å². The molecule has 1 saturated heterocycles. The van der Waals surface area contributed by atoms with E-state index in [1.165, 1.54) is 7.11 Å². The van der Waals surface area contributed by atoms with Gasteiger partial charge in [-0.25, -0.2) is 4.79 Å². The Hall–Kier alpha value is -2.70. The molecule has 26 heavy (non-hydrogen) atoms. The van der Waals surface area contributed by atoms with Crippen LogP contribution in [0.5, 0.6) is 0 Å². The molecule has 0 N–H and O–H groups in total. The number of esters is 1. The lowest BCUT2D eigenvalue weighted by molar-refractivity contribution is 0.0371. The van der Waals surface area contributed by atoms with Crippen LogP contribution in [0.3, 0.4) is 0 Å². The van der Waals surface area contributed by atoms with Crippen LogP contribution in [0.15, 0.2) is 42.6 Å². The molecule has 0 radical (unpaired) electrons. The standard InChI is InChI=1S/C20H20N2O4/c1-25-20(24)19-15-6-5-14(18(23)13-21-8-10-26-11-9-21)12-17(15)22-7-3-2-4-16(19)22/h2-7,12H,8-11,13H2,1H3. The Morgan fingerprint density at radius 1 is 1.12 bits per heavy atom. The summed E-state index contributed by atoms with van der Waals surface area (Å²) >= 11 is 0. The summed E-state index contributed by atoms with van der Waals surface area (Å²) in [4.78, 5) is 27.1. The first kappa shape index (κ1) is 16.8. The molecule has 0 atom stereocenters. The van der Waals surface area contributed by atoms with E-state index in [0.29, 0.717) is 30.9 Å². The Morgan fingerprint density at radius 3 is 2.69 bits per heavy atom. The van der Waals surface area contributed by atoms with Gasteiger partial charge in [-0.05, 0) is 18.2 Å². The van der Waals surface area contributed by atoms with Crippen molar-refractivity contribution in [3.05, 3.63) is 53.7 Å². The van der Waals surface area contributed by atoms with Gasteiger partial charge in [-0.1, -0.05) is 18.2 Å². The average molecular weight is 352 g/mol. The van der Waals surface area contributed by atoms with Crippen LogP contribution in [0, 0.1) is 0 Å². The van der Waals surface area contributed by atoms with Gasteiger partial charge in [-0.3, -0.25) is 9.69 Å². The van der Waals surface area contributed by atoms with Crippen molar-refractivity contribution in [3.63, 3.8) is 0 Å². The number of Topliss-reactive ketones (excluding diaryl/α,β-unsaturated/α-hetero) is 1. The molecular weight excluding hydrogens is 332 g/mol. The lowest BCUT2D eigenvalue weighted by atomic mass is 10.1. The number of ether oxygens (including phenoxy) is 2. The summed E-state index contributed by atoms with van der Waals surface area (Å²) in [6, 6.07) is 11.1. The maximum Gasteiger partial charge on any atom is 0.340 e. The summed E-state index contributed by atoms with van der Waals surface area (Å²) in [5.74, 6) is -0.310. The van der Waals surface area contributed by atoms with Gasteiger partial charge in [-0.15, -0.1) is 0 Å². The highest BCUT2D eigenvalue weighted by Gasteiger charge is 2.21. The van der Waals surface area contributed by atoms with Gasteiger partial charge in [0.05, 0.1) is 43.5 Å². The summed E-state index contributed by atoms with van der Waals surface area (Å²) < 4.78 is 12.2. The minimum absolute atomic E-state index is 0.0688. The molecule has 1 aromatic carbocycles. The molecule has 134 valence electrons. The fourth-order valence-electron chi connectivity index (χ4n) is 3.48. The van der Waals surface area contributed by atoms with Crippen LogP contribution in [0.2, 0.25) is 0 Å². The van der Waals surface area contributed by atoms with Crippen molar-refractivity contribution in [3.8, 4) is 0 Å². The molecule has 0 saturated carbocycles. The summed E-state index contributed by atoms with van der Waals surface area (Å²) in [5.41, 5.74) is 2.76. The Morgan fingerprint density at radius 2 is 1.92 bits per heavy atom. The van der Waals surface area contributed by atoms with Crippen molar-refractivity contribution in [2.75, 3.05) is 40.0 Å². The minimum atomic E-state index is -0.379. The number of morpholine rings is 1. The second-order valence-corrected chi connectivity index (χ2v) is 6.37. The van der Waals surface area contributed by atoms with E-state index in [0.717, 1.165) is 29.5 Å². The van der Waals surface area contributed by atoms with Crippen LogP contribution in [0.1, 0.15) is 20.7 Å². The lowest BCUT2D eigenvalue weighted by Gasteiger charge is -2.25. The molecule has 0 aliphatic carbocycles. The Balaban J connectivity index is 1.76. The molecule has 0 amide bonds. The highest BCUT2D eigenvalue weighted by molar-refractivity contribution is 6.13. The van der Waals surface area contributed by atoms with E-state index in [4.69, 9.17) is 9.47 Å². The molecular formula is C20H20N2O4. The normalized spacial score (nSPS) is 15.4. The number of nitrogens with zero attached hydrogens (tertiary/aromatic N) is 2. The maximum atomic E-state index is 12.7. The number of rotatable bonds is 4. The quantitative estimate of drug-likeness (QED) is 0.533. The summed E-state index contributed by atoms with van der Waals surface area (Å²) in [6.45, 7) is 3.25. The molecule has 1 fully saturated rings. The number of hydrogen-bond donors (Lipinski definition) is 0. The van der Waals surface area contributed by atoms with E-state index in [1.54, 1.807) is 6.07 Å². The van der Waals surface area contributed by atoms with Crippen molar-refractivity contribution in [1.29, 1.82) is 0 Å². The van der Waals surface area contributed by atoms with Crippen LogP contribution in [-0.4, -0.2) is 61.0 Å². The number of ketones is 1. The van der Waals surface area contributed by atoms with Crippen LogP contribution >= 0.6 is 0 Å². The second-order valence-electron chi connectivity index (χ2n) is 6.37. The summed E-state index contributed by atoms with van der Waals surface area (Å²) in [6.07, 6.45) is 1.89. The highest BCUT2D eigenvalue weighted by atomic mass is 16.5. The van der Waals surface area contributed by atoms with Gasteiger partial charge in [-0.2, -0.15) is 0 Å². The number of fused-ring (bicyclic) bond motifs is 3. The molecule has 1 aliphatic heterocycles. The number of aromatic nitrogens is 1. The number of carbonyl (C=O) groups is 2. The van der Waals surface area contributed by atoms with Crippen LogP contribution in [0.25, 0.3) is 16.4 Å². The molecule has 6 heteroatoms. The monoisotopic (exact) mass is 352 g/mol. The third kappa shape index (κ3) is 2.87. The number of benzene rings is 1. The Bertz CT molecular complexity index is 986. The molecule has 4 rings (SSSR count). The van der Waals surface area contributed by atoms with Gasteiger partial charge < -0.3 is 13.9 Å². The maximum absolute atomic E-state index is 12.7. The molecule has 6 nitrogen and oxygen atoms in total. The Labute approximate surface area is 150 Å². The van der Waals surface area contributed by atoms with E-state index in [2.05, 4.69) is 4.90 Å². The molecule has 3 heterocycles. The van der Waals surface area contributed by atoms with Crippen LogP contribution in [0.4, 0.5) is 0 Å². The zero-order valence-corrected chi connectivity index (χ0v) is 14.6.